The lowest BCUT2D eigenvalue weighted by atomic mass is 10.2. The van der Waals surface area contributed by atoms with Crippen LogP contribution < -0.4 is 5.32 Å². The smallest absolute Gasteiger partial charge is 0.328 e. The number of aliphatic carboxylic acids is 1. The number of imidazole rings is 1. The first kappa shape index (κ1) is 13.5. The highest BCUT2D eigenvalue weighted by molar-refractivity contribution is 6.02. The first-order chi connectivity index (χ1) is 9.54. The summed E-state index contributed by atoms with van der Waals surface area (Å²) in [6.07, 6.45) is 7.02. The average molecular weight is 272 g/mol. The van der Waals surface area contributed by atoms with Crippen LogP contribution in [0.3, 0.4) is 0 Å². The molecule has 102 valence electrons. The summed E-state index contributed by atoms with van der Waals surface area (Å²) < 4.78 is 1.66. The fourth-order valence-electron chi connectivity index (χ4n) is 1.50. The van der Waals surface area contributed by atoms with Gasteiger partial charge in [-0.25, -0.2) is 14.8 Å². The fourth-order valence-corrected chi connectivity index (χ4v) is 1.50. The maximum atomic E-state index is 11.9. The zero-order valence-corrected chi connectivity index (χ0v) is 10.6. The summed E-state index contributed by atoms with van der Waals surface area (Å²) in [6, 6.07) is 3.20. The SMILES string of the molecule is Cn1cnc(C(=O)Nc2cc(/C=C/C(=O)O)ccn2)c1. The molecule has 0 spiro atoms. The van der Waals surface area contributed by atoms with Crippen molar-refractivity contribution in [3.8, 4) is 0 Å². The third kappa shape index (κ3) is 3.52. The summed E-state index contributed by atoms with van der Waals surface area (Å²) in [5, 5.41) is 11.2. The van der Waals surface area contributed by atoms with Gasteiger partial charge in [-0.2, -0.15) is 0 Å². The topological polar surface area (TPSA) is 97.1 Å². The van der Waals surface area contributed by atoms with Crippen LogP contribution in [-0.2, 0) is 11.8 Å². The minimum absolute atomic E-state index is 0.279. The molecule has 0 aliphatic rings. The van der Waals surface area contributed by atoms with Crippen molar-refractivity contribution in [3.63, 3.8) is 0 Å². The van der Waals surface area contributed by atoms with Gasteiger partial charge in [0.2, 0.25) is 0 Å². The Kier molecular flexibility index (Phi) is 3.90. The lowest BCUT2D eigenvalue weighted by Crippen LogP contribution is -2.13. The lowest BCUT2D eigenvalue weighted by molar-refractivity contribution is -0.131. The molecular formula is C13H12N4O3. The molecule has 1 amide bonds. The number of carbonyl (C=O) groups excluding carboxylic acids is 1. The van der Waals surface area contributed by atoms with E-state index in [1.165, 1.54) is 18.6 Å². The first-order valence-electron chi connectivity index (χ1n) is 5.71. The van der Waals surface area contributed by atoms with Gasteiger partial charge >= 0.3 is 5.97 Å². The summed E-state index contributed by atoms with van der Waals surface area (Å²) in [4.78, 5) is 30.2. The summed E-state index contributed by atoms with van der Waals surface area (Å²) in [7, 11) is 1.76. The third-order valence-corrected chi connectivity index (χ3v) is 2.38. The standard InChI is InChI=1S/C13H12N4O3/c1-17-7-10(15-8-17)13(20)16-11-6-9(4-5-14-11)2-3-12(18)19/h2-8H,1H3,(H,18,19)(H,14,16,20)/b3-2+. The molecule has 2 heterocycles. The Morgan fingerprint density at radius 1 is 1.40 bits per heavy atom. The molecule has 2 N–H and O–H groups in total. The van der Waals surface area contributed by atoms with Crippen LogP contribution in [-0.4, -0.2) is 31.5 Å². The number of carbonyl (C=O) groups is 2. The number of aryl methyl sites for hydroxylation is 1. The Morgan fingerprint density at radius 2 is 2.20 bits per heavy atom. The predicted octanol–water partition coefficient (Wildman–Crippen LogP) is 1.17. The molecule has 7 heteroatoms. The van der Waals surface area contributed by atoms with Crippen LogP contribution in [0.25, 0.3) is 6.08 Å². The van der Waals surface area contributed by atoms with Gasteiger partial charge in [0.15, 0.2) is 0 Å². The summed E-state index contributed by atoms with van der Waals surface area (Å²) in [5.74, 6) is -1.09. The van der Waals surface area contributed by atoms with Crippen molar-refractivity contribution in [1.82, 2.24) is 14.5 Å². The number of aromatic nitrogens is 3. The number of carboxylic acid groups (broad SMARTS) is 1. The van der Waals surface area contributed by atoms with Gasteiger partial charge in [0.05, 0.1) is 6.33 Å². The minimum atomic E-state index is -1.04. The molecule has 0 unspecified atom stereocenters. The first-order valence-corrected chi connectivity index (χ1v) is 5.71. The van der Waals surface area contributed by atoms with Crippen LogP contribution in [0.15, 0.2) is 36.9 Å². The summed E-state index contributed by atoms with van der Waals surface area (Å²) >= 11 is 0. The van der Waals surface area contributed by atoms with Crippen LogP contribution in [0, 0.1) is 0 Å². The van der Waals surface area contributed by atoms with Crippen LogP contribution in [0.1, 0.15) is 16.1 Å². The van der Waals surface area contributed by atoms with E-state index < -0.39 is 5.97 Å². The molecular weight excluding hydrogens is 260 g/mol. The van der Waals surface area contributed by atoms with Crippen LogP contribution >= 0.6 is 0 Å². The summed E-state index contributed by atoms with van der Waals surface area (Å²) in [5.41, 5.74) is 0.902. The second kappa shape index (κ2) is 5.79. The number of carboxylic acids is 1. The van der Waals surface area contributed by atoms with Crippen LogP contribution in [0.5, 0.6) is 0 Å². The Hall–Kier alpha value is -2.96. The van der Waals surface area contributed by atoms with Crippen LogP contribution in [0.4, 0.5) is 5.82 Å². The maximum Gasteiger partial charge on any atom is 0.328 e. The van der Waals surface area contributed by atoms with Gasteiger partial charge in [-0.3, -0.25) is 4.79 Å². The molecule has 0 saturated carbocycles. The molecule has 0 aliphatic heterocycles. The Bertz CT molecular complexity index is 676. The highest BCUT2D eigenvalue weighted by Crippen LogP contribution is 2.09. The predicted molar refractivity (Wildman–Crippen MR) is 72.1 cm³/mol. The van der Waals surface area contributed by atoms with Crippen LogP contribution in [0.2, 0.25) is 0 Å². The van der Waals surface area contributed by atoms with Crippen molar-refractivity contribution in [2.75, 3.05) is 5.32 Å². The normalized spacial score (nSPS) is 10.7. The third-order valence-electron chi connectivity index (χ3n) is 2.38. The van der Waals surface area contributed by atoms with E-state index in [1.807, 2.05) is 0 Å². The average Bonchev–Trinajstić information content (AvgIpc) is 2.84. The van der Waals surface area contributed by atoms with Gasteiger partial charge in [-0.15, -0.1) is 0 Å². The molecule has 2 rings (SSSR count). The number of anilines is 1. The highest BCUT2D eigenvalue weighted by Gasteiger charge is 2.09. The second-order valence-corrected chi connectivity index (χ2v) is 4.02. The molecule has 2 aromatic heterocycles. The van der Waals surface area contributed by atoms with Gasteiger partial charge in [-0.1, -0.05) is 0 Å². The lowest BCUT2D eigenvalue weighted by Gasteiger charge is -2.02. The molecule has 0 saturated heterocycles. The van der Waals surface area contributed by atoms with E-state index >= 15 is 0 Å². The molecule has 0 radical (unpaired) electrons. The molecule has 0 fully saturated rings. The zero-order valence-electron chi connectivity index (χ0n) is 10.6. The summed E-state index contributed by atoms with van der Waals surface area (Å²) in [6.45, 7) is 0. The molecule has 0 atom stereocenters. The van der Waals surface area contributed by atoms with E-state index in [0.29, 0.717) is 11.4 Å². The van der Waals surface area contributed by atoms with Gasteiger partial charge in [-0.05, 0) is 23.8 Å². The van der Waals surface area contributed by atoms with Crippen molar-refractivity contribution >= 4 is 23.8 Å². The van der Waals surface area contributed by atoms with Crippen molar-refractivity contribution in [2.45, 2.75) is 0 Å². The van der Waals surface area contributed by atoms with Crippen molar-refractivity contribution in [2.24, 2.45) is 7.05 Å². The molecule has 20 heavy (non-hydrogen) atoms. The molecule has 0 aliphatic carbocycles. The Morgan fingerprint density at radius 3 is 2.85 bits per heavy atom. The molecule has 2 aromatic rings. The Balaban J connectivity index is 2.11. The van der Waals surface area contributed by atoms with Crippen molar-refractivity contribution in [1.29, 1.82) is 0 Å². The van der Waals surface area contributed by atoms with Gasteiger partial charge in [0.1, 0.15) is 11.5 Å². The van der Waals surface area contributed by atoms with E-state index in [1.54, 1.807) is 29.9 Å². The number of rotatable bonds is 4. The van der Waals surface area contributed by atoms with E-state index in [-0.39, 0.29) is 11.6 Å². The molecule has 0 bridgehead atoms. The zero-order chi connectivity index (χ0) is 14.5. The monoisotopic (exact) mass is 272 g/mol. The van der Waals surface area contributed by atoms with E-state index in [9.17, 15) is 9.59 Å². The van der Waals surface area contributed by atoms with Gasteiger partial charge in [0, 0.05) is 25.5 Å². The number of pyridine rings is 1. The number of hydrogen-bond donors (Lipinski definition) is 2. The van der Waals surface area contributed by atoms with E-state index in [2.05, 4.69) is 15.3 Å². The van der Waals surface area contributed by atoms with Gasteiger partial charge < -0.3 is 15.0 Å². The second-order valence-electron chi connectivity index (χ2n) is 4.02. The largest absolute Gasteiger partial charge is 0.478 e. The number of hydrogen-bond acceptors (Lipinski definition) is 4. The number of amides is 1. The quantitative estimate of drug-likeness (QED) is 0.814. The van der Waals surface area contributed by atoms with E-state index in [4.69, 9.17) is 5.11 Å². The number of nitrogens with one attached hydrogen (secondary N) is 1. The minimum Gasteiger partial charge on any atom is -0.478 e. The fraction of sp³-hybridized carbons (Fsp3) is 0.0769. The highest BCUT2D eigenvalue weighted by atomic mass is 16.4. The van der Waals surface area contributed by atoms with Gasteiger partial charge in [0.25, 0.3) is 5.91 Å². The molecule has 0 aromatic carbocycles. The number of nitrogens with zero attached hydrogens (tertiary/aromatic N) is 3. The van der Waals surface area contributed by atoms with E-state index in [0.717, 1.165) is 6.08 Å². The Labute approximate surface area is 114 Å². The van der Waals surface area contributed by atoms with Crippen molar-refractivity contribution < 1.29 is 14.7 Å². The maximum absolute atomic E-state index is 11.9. The molecule has 7 nitrogen and oxygen atoms in total. The van der Waals surface area contributed by atoms with Crippen molar-refractivity contribution in [3.05, 3.63) is 48.2 Å².